The SMILES string of the molecule is CCCCCCCC(=O)Oc1ccc(C(=O)Oc2ccc(C(=O)Oc3ccc(C(=O)Oc4ccc(C(=O)O)cc4)cc3)cc2)cc1. The minimum Gasteiger partial charge on any atom is -0.478 e. The van der Waals surface area contributed by atoms with Crippen molar-refractivity contribution in [3.63, 3.8) is 0 Å². The van der Waals surface area contributed by atoms with Crippen LogP contribution in [0.5, 0.6) is 23.0 Å². The minimum absolute atomic E-state index is 0.0626. The van der Waals surface area contributed by atoms with Gasteiger partial charge in [-0.2, -0.15) is 0 Å². The number of ether oxygens (including phenoxy) is 4. The molecule has 0 heterocycles. The van der Waals surface area contributed by atoms with Crippen LogP contribution in [0.25, 0.3) is 0 Å². The van der Waals surface area contributed by atoms with Crippen molar-refractivity contribution in [1.82, 2.24) is 0 Å². The number of carboxylic acids is 1. The van der Waals surface area contributed by atoms with Gasteiger partial charge in [0, 0.05) is 6.42 Å². The van der Waals surface area contributed by atoms with Crippen LogP contribution in [-0.4, -0.2) is 35.0 Å². The summed E-state index contributed by atoms with van der Waals surface area (Å²) in [6.07, 6.45) is 5.50. The van der Waals surface area contributed by atoms with Gasteiger partial charge in [0.1, 0.15) is 23.0 Å². The number of carbonyl (C=O) groups excluding carboxylic acids is 4. The van der Waals surface area contributed by atoms with Gasteiger partial charge in [0.2, 0.25) is 0 Å². The maximum Gasteiger partial charge on any atom is 0.343 e. The van der Waals surface area contributed by atoms with Gasteiger partial charge in [0.15, 0.2) is 0 Å². The molecule has 4 aromatic rings. The summed E-state index contributed by atoms with van der Waals surface area (Å²) in [6.45, 7) is 2.13. The fraction of sp³-hybridized carbons (Fsp3) is 0.194. The van der Waals surface area contributed by atoms with E-state index in [1.54, 1.807) is 0 Å². The van der Waals surface area contributed by atoms with E-state index in [1.165, 1.54) is 97.1 Å². The molecule has 4 rings (SSSR count). The Morgan fingerprint density at radius 1 is 0.457 bits per heavy atom. The monoisotopic (exact) mass is 624 g/mol. The third kappa shape index (κ3) is 9.88. The van der Waals surface area contributed by atoms with Crippen molar-refractivity contribution in [3.8, 4) is 23.0 Å². The lowest BCUT2D eigenvalue weighted by Crippen LogP contribution is -2.11. The van der Waals surface area contributed by atoms with Crippen molar-refractivity contribution < 1.29 is 48.0 Å². The Labute approximate surface area is 265 Å². The van der Waals surface area contributed by atoms with E-state index >= 15 is 0 Å². The van der Waals surface area contributed by atoms with Crippen molar-refractivity contribution in [2.24, 2.45) is 0 Å². The van der Waals surface area contributed by atoms with E-state index < -0.39 is 23.9 Å². The van der Waals surface area contributed by atoms with Crippen molar-refractivity contribution in [2.45, 2.75) is 45.4 Å². The van der Waals surface area contributed by atoms with Crippen LogP contribution in [0.2, 0.25) is 0 Å². The zero-order valence-electron chi connectivity index (χ0n) is 25.1. The molecule has 0 spiro atoms. The first kappa shape index (κ1) is 33.1. The fourth-order valence-electron chi connectivity index (χ4n) is 4.20. The van der Waals surface area contributed by atoms with Crippen LogP contribution in [-0.2, 0) is 4.79 Å². The number of hydrogen-bond donors (Lipinski definition) is 1. The first-order valence-electron chi connectivity index (χ1n) is 14.7. The summed E-state index contributed by atoms with van der Waals surface area (Å²) in [5.41, 5.74) is 0.709. The van der Waals surface area contributed by atoms with E-state index in [2.05, 4.69) is 6.92 Å². The molecule has 0 fully saturated rings. The molecule has 10 heteroatoms. The molecule has 0 aromatic heterocycles. The van der Waals surface area contributed by atoms with Crippen molar-refractivity contribution in [2.75, 3.05) is 0 Å². The van der Waals surface area contributed by atoms with Crippen LogP contribution >= 0.6 is 0 Å². The summed E-state index contributed by atoms with van der Waals surface area (Å²) in [5, 5.41) is 8.96. The molecule has 0 aliphatic rings. The molecule has 1 N–H and O–H groups in total. The molecule has 0 saturated carbocycles. The predicted octanol–water partition coefficient (Wildman–Crippen LogP) is 7.31. The Morgan fingerprint density at radius 3 is 1.13 bits per heavy atom. The van der Waals surface area contributed by atoms with Crippen molar-refractivity contribution in [3.05, 3.63) is 119 Å². The molecule has 4 aromatic carbocycles. The lowest BCUT2D eigenvalue weighted by Gasteiger charge is -2.08. The molecule has 0 aliphatic carbocycles. The molecule has 0 unspecified atom stereocenters. The summed E-state index contributed by atoms with van der Waals surface area (Å²) >= 11 is 0. The molecule has 0 atom stereocenters. The smallest absolute Gasteiger partial charge is 0.343 e. The molecule has 0 amide bonds. The molecule has 0 aliphatic heterocycles. The van der Waals surface area contributed by atoms with Gasteiger partial charge in [-0.1, -0.05) is 32.6 Å². The minimum atomic E-state index is -1.09. The lowest BCUT2D eigenvalue weighted by molar-refractivity contribution is -0.134. The summed E-state index contributed by atoms with van der Waals surface area (Å²) in [4.78, 5) is 60.6. The topological polar surface area (TPSA) is 143 Å². The Hall–Kier alpha value is -5.77. The molecular weight excluding hydrogens is 592 g/mol. The van der Waals surface area contributed by atoms with Gasteiger partial charge in [0.25, 0.3) is 0 Å². The molecule has 236 valence electrons. The van der Waals surface area contributed by atoms with Crippen LogP contribution in [0.3, 0.4) is 0 Å². The van der Waals surface area contributed by atoms with Gasteiger partial charge in [-0.25, -0.2) is 19.2 Å². The largest absolute Gasteiger partial charge is 0.478 e. The third-order valence-corrected chi connectivity index (χ3v) is 6.72. The predicted molar refractivity (Wildman–Crippen MR) is 167 cm³/mol. The summed E-state index contributed by atoms with van der Waals surface area (Å²) < 4.78 is 21.3. The van der Waals surface area contributed by atoms with Gasteiger partial charge in [-0.05, 0) is 103 Å². The number of aromatic carboxylic acids is 1. The van der Waals surface area contributed by atoms with Crippen LogP contribution < -0.4 is 18.9 Å². The van der Waals surface area contributed by atoms with Crippen LogP contribution in [0.4, 0.5) is 0 Å². The van der Waals surface area contributed by atoms with E-state index in [1.807, 2.05) is 0 Å². The molecule has 46 heavy (non-hydrogen) atoms. The van der Waals surface area contributed by atoms with E-state index in [-0.39, 0.29) is 45.5 Å². The second kappa shape index (κ2) is 16.3. The summed E-state index contributed by atoms with van der Waals surface area (Å²) in [5.74, 6) is -2.45. The Balaban J connectivity index is 1.24. The summed E-state index contributed by atoms with van der Waals surface area (Å²) in [7, 11) is 0. The average molecular weight is 625 g/mol. The molecule has 10 nitrogen and oxygen atoms in total. The first-order valence-corrected chi connectivity index (χ1v) is 14.7. The number of rotatable bonds is 14. The highest BCUT2D eigenvalue weighted by atomic mass is 16.5. The van der Waals surface area contributed by atoms with E-state index in [0.29, 0.717) is 12.2 Å². The number of carbonyl (C=O) groups is 5. The fourth-order valence-corrected chi connectivity index (χ4v) is 4.20. The highest BCUT2D eigenvalue weighted by Crippen LogP contribution is 2.21. The highest BCUT2D eigenvalue weighted by Gasteiger charge is 2.14. The number of unbranched alkanes of at least 4 members (excludes halogenated alkanes) is 4. The van der Waals surface area contributed by atoms with E-state index in [9.17, 15) is 24.0 Å². The van der Waals surface area contributed by atoms with Crippen LogP contribution in [0.1, 0.15) is 86.9 Å². The van der Waals surface area contributed by atoms with E-state index in [4.69, 9.17) is 24.1 Å². The number of hydrogen-bond acceptors (Lipinski definition) is 9. The van der Waals surface area contributed by atoms with Gasteiger partial charge < -0.3 is 24.1 Å². The zero-order valence-corrected chi connectivity index (χ0v) is 25.1. The van der Waals surface area contributed by atoms with Crippen molar-refractivity contribution in [1.29, 1.82) is 0 Å². The zero-order chi connectivity index (χ0) is 32.9. The van der Waals surface area contributed by atoms with Gasteiger partial charge in [-0.15, -0.1) is 0 Å². The van der Waals surface area contributed by atoms with Gasteiger partial charge in [0.05, 0.1) is 22.3 Å². The van der Waals surface area contributed by atoms with Crippen LogP contribution in [0, 0.1) is 0 Å². The Kier molecular flexibility index (Phi) is 11.8. The van der Waals surface area contributed by atoms with Gasteiger partial charge in [-0.3, -0.25) is 4.79 Å². The molecule has 0 bridgehead atoms. The number of carboxylic acid groups (broad SMARTS) is 1. The van der Waals surface area contributed by atoms with E-state index in [0.717, 1.165) is 32.1 Å². The standard InChI is InChI=1S/C36H32O10/c1-2-3-4-5-6-7-32(37)43-28-18-10-25(11-19-28)34(40)45-30-22-14-27(15-23-30)36(42)46-31-20-12-26(13-21-31)35(41)44-29-16-8-24(9-17-29)33(38)39/h8-23H,2-7H2,1H3,(H,38,39). The van der Waals surface area contributed by atoms with Crippen LogP contribution in [0.15, 0.2) is 97.1 Å². The molecule has 0 saturated heterocycles. The lowest BCUT2D eigenvalue weighted by atomic mass is 10.1. The quantitative estimate of drug-likeness (QED) is 0.0862. The maximum atomic E-state index is 12.6. The van der Waals surface area contributed by atoms with Crippen molar-refractivity contribution >= 4 is 29.8 Å². The third-order valence-electron chi connectivity index (χ3n) is 6.72. The summed E-state index contributed by atoms with van der Waals surface area (Å²) in [6, 6.07) is 22.9. The normalized spacial score (nSPS) is 10.5. The first-order chi connectivity index (χ1) is 22.2. The second-order valence-electron chi connectivity index (χ2n) is 10.2. The number of esters is 4. The average Bonchev–Trinajstić information content (AvgIpc) is 3.06. The molecule has 0 radical (unpaired) electrons. The highest BCUT2D eigenvalue weighted by molar-refractivity contribution is 5.94. The van der Waals surface area contributed by atoms with Gasteiger partial charge >= 0.3 is 29.8 Å². The second-order valence-corrected chi connectivity index (χ2v) is 10.2. The molecular formula is C36H32O10. The number of benzene rings is 4. The Bertz CT molecular complexity index is 1660. The Morgan fingerprint density at radius 2 is 0.783 bits per heavy atom. The maximum absolute atomic E-state index is 12.6.